The van der Waals surface area contributed by atoms with Gasteiger partial charge in [-0.3, -0.25) is 4.79 Å². The van der Waals surface area contributed by atoms with Gasteiger partial charge in [0.25, 0.3) is 0 Å². The van der Waals surface area contributed by atoms with E-state index >= 15 is 0 Å². The Morgan fingerprint density at radius 1 is 1.27 bits per heavy atom. The zero-order chi connectivity index (χ0) is 18.6. The van der Waals surface area contributed by atoms with E-state index in [1.54, 1.807) is 0 Å². The Bertz CT molecular complexity index is 727. The van der Waals surface area contributed by atoms with Gasteiger partial charge in [0.1, 0.15) is 0 Å². The fourth-order valence-electron chi connectivity index (χ4n) is 3.38. The molecule has 0 saturated heterocycles. The molecule has 1 unspecified atom stereocenters. The number of carbonyl (C=O) groups excluding carboxylic acids is 1. The number of rotatable bonds is 7. The Morgan fingerprint density at radius 2 is 1.88 bits per heavy atom. The molecule has 26 heavy (non-hydrogen) atoms. The zero-order valence-corrected chi connectivity index (χ0v) is 17.2. The van der Waals surface area contributed by atoms with Crippen molar-refractivity contribution in [2.24, 2.45) is 11.7 Å². The molecule has 1 aromatic heterocycles. The van der Waals surface area contributed by atoms with Crippen molar-refractivity contribution in [3.63, 3.8) is 0 Å². The number of para-hydroxylation sites is 1. The lowest BCUT2D eigenvalue weighted by Gasteiger charge is -2.31. The molecule has 0 aliphatic heterocycles. The first-order chi connectivity index (χ1) is 11.8. The number of benzene rings is 1. The fourth-order valence-corrected chi connectivity index (χ4v) is 3.38. The number of carbonyl (C=O) groups is 1. The summed E-state index contributed by atoms with van der Waals surface area (Å²) in [6, 6.07) is 9.97. The summed E-state index contributed by atoms with van der Waals surface area (Å²) in [4.78, 5) is 12.6. The minimum absolute atomic E-state index is 0. The lowest BCUT2D eigenvalue weighted by molar-refractivity contribution is -0.122. The van der Waals surface area contributed by atoms with Gasteiger partial charge in [-0.1, -0.05) is 32.0 Å². The van der Waals surface area contributed by atoms with Crippen LogP contribution in [0, 0.1) is 19.8 Å². The first-order valence-corrected chi connectivity index (χ1v) is 8.87. The van der Waals surface area contributed by atoms with Crippen LogP contribution in [0.5, 0.6) is 0 Å². The van der Waals surface area contributed by atoms with Crippen molar-refractivity contribution in [2.45, 2.75) is 53.0 Å². The Morgan fingerprint density at radius 3 is 2.42 bits per heavy atom. The van der Waals surface area contributed by atoms with Crippen LogP contribution in [-0.4, -0.2) is 27.8 Å². The maximum atomic E-state index is 12.6. The van der Waals surface area contributed by atoms with E-state index in [2.05, 4.69) is 24.3 Å². The molecule has 0 saturated carbocycles. The third-order valence-corrected chi connectivity index (χ3v) is 4.53. The summed E-state index contributed by atoms with van der Waals surface area (Å²) in [6.45, 7) is 10.7. The van der Waals surface area contributed by atoms with Gasteiger partial charge in [-0.25, -0.2) is 4.68 Å². The van der Waals surface area contributed by atoms with Crippen LogP contribution in [0.15, 0.2) is 30.3 Å². The van der Waals surface area contributed by atoms with Crippen molar-refractivity contribution in [3.05, 3.63) is 47.3 Å². The summed E-state index contributed by atoms with van der Waals surface area (Å²) in [5.74, 6) is 0.463. The average molecular weight is 379 g/mol. The monoisotopic (exact) mass is 378 g/mol. The standard InChI is InChI=1S/C20H30N4O.ClH/c1-14(2)12-20(5,13-21)22-19(25)11-18-15(3)23-24(16(18)4)17-9-7-6-8-10-17;/h6-10,14H,11-13,21H2,1-5H3,(H,22,25);1H. The molecule has 1 aromatic carbocycles. The normalized spacial score (nSPS) is 13.2. The summed E-state index contributed by atoms with van der Waals surface area (Å²) < 4.78 is 1.90. The van der Waals surface area contributed by atoms with Gasteiger partial charge < -0.3 is 11.1 Å². The highest BCUT2D eigenvalue weighted by Gasteiger charge is 2.26. The van der Waals surface area contributed by atoms with Crippen molar-refractivity contribution >= 4 is 18.3 Å². The number of aromatic nitrogens is 2. The van der Waals surface area contributed by atoms with Gasteiger partial charge in [0.15, 0.2) is 0 Å². The Kier molecular flexibility index (Phi) is 7.85. The van der Waals surface area contributed by atoms with Gasteiger partial charge in [0, 0.05) is 23.3 Å². The van der Waals surface area contributed by atoms with Crippen molar-refractivity contribution in [1.29, 1.82) is 0 Å². The van der Waals surface area contributed by atoms with Gasteiger partial charge in [-0.2, -0.15) is 5.10 Å². The molecule has 0 radical (unpaired) electrons. The Balaban J connectivity index is 0.00000338. The van der Waals surface area contributed by atoms with Gasteiger partial charge in [0.05, 0.1) is 17.8 Å². The fraction of sp³-hybridized carbons (Fsp3) is 0.500. The molecule has 2 aromatic rings. The van der Waals surface area contributed by atoms with Crippen molar-refractivity contribution in [2.75, 3.05) is 6.54 Å². The molecule has 0 bridgehead atoms. The zero-order valence-electron chi connectivity index (χ0n) is 16.4. The molecule has 144 valence electrons. The van der Waals surface area contributed by atoms with Crippen molar-refractivity contribution in [3.8, 4) is 5.69 Å². The van der Waals surface area contributed by atoms with E-state index in [1.165, 1.54) is 0 Å². The SMILES string of the molecule is Cc1nn(-c2ccccc2)c(C)c1CC(=O)NC(C)(CN)CC(C)C.Cl. The number of hydrogen-bond acceptors (Lipinski definition) is 3. The van der Waals surface area contributed by atoms with Gasteiger partial charge >= 0.3 is 0 Å². The van der Waals surface area contributed by atoms with E-state index in [0.717, 1.165) is 29.1 Å². The van der Waals surface area contributed by atoms with E-state index in [-0.39, 0.29) is 23.9 Å². The minimum Gasteiger partial charge on any atom is -0.349 e. The Labute approximate surface area is 162 Å². The highest BCUT2D eigenvalue weighted by molar-refractivity contribution is 5.85. The number of aryl methyl sites for hydroxylation is 1. The maximum Gasteiger partial charge on any atom is 0.225 e. The van der Waals surface area contributed by atoms with E-state index in [4.69, 9.17) is 5.73 Å². The summed E-state index contributed by atoms with van der Waals surface area (Å²) >= 11 is 0. The van der Waals surface area contributed by atoms with Crippen LogP contribution in [0.1, 0.15) is 44.1 Å². The molecule has 5 nitrogen and oxygen atoms in total. The molecule has 1 amide bonds. The number of nitrogens with two attached hydrogens (primary N) is 1. The van der Waals surface area contributed by atoms with Gasteiger partial charge in [0.2, 0.25) is 5.91 Å². The Hall–Kier alpha value is -1.85. The predicted octanol–water partition coefficient (Wildman–Crippen LogP) is 3.33. The third-order valence-electron chi connectivity index (χ3n) is 4.53. The van der Waals surface area contributed by atoms with Crippen LogP contribution < -0.4 is 11.1 Å². The topological polar surface area (TPSA) is 72.9 Å². The number of halogens is 1. The molecule has 0 fully saturated rings. The summed E-state index contributed by atoms with van der Waals surface area (Å²) in [5, 5.41) is 7.74. The second-order valence-corrected chi connectivity index (χ2v) is 7.48. The highest BCUT2D eigenvalue weighted by atomic mass is 35.5. The quantitative estimate of drug-likeness (QED) is 0.776. The maximum absolute atomic E-state index is 12.6. The first kappa shape index (κ1) is 22.2. The average Bonchev–Trinajstić information content (AvgIpc) is 2.83. The van der Waals surface area contributed by atoms with E-state index in [0.29, 0.717) is 18.9 Å². The van der Waals surface area contributed by atoms with Crippen molar-refractivity contribution in [1.82, 2.24) is 15.1 Å². The third kappa shape index (κ3) is 5.32. The number of hydrogen-bond donors (Lipinski definition) is 2. The van der Waals surface area contributed by atoms with Crippen LogP contribution in [0.3, 0.4) is 0 Å². The van der Waals surface area contributed by atoms with Crippen LogP contribution in [0.25, 0.3) is 5.69 Å². The summed E-state index contributed by atoms with van der Waals surface area (Å²) in [6.07, 6.45) is 1.18. The van der Waals surface area contributed by atoms with Crippen LogP contribution in [-0.2, 0) is 11.2 Å². The van der Waals surface area contributed by atoms with E-state index < -0.39 is 0 Å². The number of nitrogens with zero attached hydrogens (tertiary/aromatic N) is 2. The summed E-state index contributed by atoms with van der Waals surface area (Å²) in [5.41, 5.74) is 9.39. The highest BCUT2D eigenvalue weighted by Crippen LogP contribution is 2.20. The second kappa shape index (κ2) is 9.19. The lowest BCUT2D eigenvalue weighted by Crippen LogP contribution is -2.52. The number of amides is 1. The lowest BCUT2D eigenvalue weighted by atomic mass is 9.90. The molecule has 6 heteroatoms. The molecule has 2 rings (SSSR count). The molecule has 0 spiro atoms. The molecule has 3 N–H and O–H groups in total. The molecular formula is C20H31ClN4O. The minimum atomic E-state index is -0.373. The molecule has 0 aliphatic rings. The van der Waals surface area contributed by atoms with Crippen molar-refractivity contribution < 1.29 is 4.79 Å². The molecule has 1 atom stereocenters. The largest absolute Gasteiger partial charge is 0.349 e. The molecule has 1 heterocycles. The van der Waals surface area contributed by atoms with Crippen LogP contribution in [0.4, 0.5) is 0 Å². The van der Waals surface area contributed by atoms with Crippen LogP contribution >= 0.6 is 12.4 Å². The predicted molar refractivity (Wildman–Crippen MR) is 109 cm³/mol. The molecular weight excluding hydrogens is 348 g/mol. The molecule has 0 aliphatic carbocycles. The number of nitrogens with one attached hydrogen (secondary N) is 1. The smallest absolute Gasteiger partial charge is 0.225 e. The van der Waals surface area contributed by atoms with Crippen LogP contribution in [0.2, 0.25) is 0 Å². The summed E-state index contributed by atoms with van der Waals surface area (Å²) in [7, 11) is 0. The van der Waals surface area contributed by atoms with E-state index in [9.17, 15) is 4.79 Å². The first-order valence-electron chi connectivity index (χ1n) is 8.87. The van der Waals surface area contributed by atoms with Gasteiger partial charge in [-0.15, -0.1) is 12.4 Å². The van der Waals surface area contributed by atoms with Gasteiger partial charge in [-0.05, 0) is 45.2 Å². The second-order valence-electron chi connectivity index (χ2n) is 7.48. The van der Waals surface area contributed by atoms with E-state index in [1.807, 2.05) is 55.8 Å².